The summed E-state index contributed by atoms with van der Waals surface area (Å²) in [5.74, 6) is 2.01. The molecule has 0 spiro atoms. The molecule has 1 aliphatic heterocycles. The van der Waals surface area contributed by atoms with Crippen LogP contribution in [0, 0.1) is 0 Å². The van der Waals surface area contributed by atoms with E-state index >= 15 is 0 Å². The minimum atomic E-state index is -2.05. The van der Waals surface area contributed by atoms with Gasteiger partial charge in [-0.25, -0.2) is 15.0 Å². The van der Waals surface area contributed by atoms with Gasteiger partial charge in [-0.3, -0.25) is 0 Å². The highest BCUT2D eigenvalue weighted by atomic mass is 28.3. The van der Waals surface area contributed by atoms with E-state index in [1.165, 1.54) is 48.6 Å². The van der Waals surface area contributed by atoms with Gasteiger partial charge in [-0.1, -0.05) is 183 Å². The molecule has 1 aromatic heterocycles. The van der Waals surface area contributed by atoms with Crippen molar-refractivity contribution in [1.29, 1.82) is 0 Å². The second-order valence-corrected chi connectivity index (χ2v) is 18.7. The fraction of sp³-hybridized carbons (Fsp3) is 0.0408. The van der Waals surface area contributed by atoms with Gasteiger partial charge in [-0.15, -0.1) is 0 Å². The van der Waals surface area contributed by atoms with Gasteiger partial charge in [0.1, 0.15) is 8.07 Å². The second kappa shape index (κ2) is 12.3. The van der Waals surface area contributed by atoms with E-state index in [0.717, 1.165) is 33.4 Å². The molecule has 9 aromatic rings. The van der Waals surface area contributed by atoms with E-state index in [9.17, 15) is 0 Å². The molecule has 10 rings (SSSR count). The largest absolute Gasteiger partial charge is 0.208 e. The monoisotopic (exact) mass is 693 g/mol. The van der Waals surface area contributed by atoms with E-state index < -0.39 is 8.07 Å². The Bertz CT molecular complexity index is 2860. The Kier molecular flexibility index (Phi) is 7.27. The van der Waals surface area contributed by atoms with Gasteiger partial charge in [0, 0.05) is 16.7 Å². The van der Waals surface area contributed by atoms with Crippen LogP contribution < -0.4 is 10.4 Å². The average Bonchev–Trinajstić information content (AvgIpc) is 3.47. The van der Waals surface area contributed by atoms with Crippen LogP contribution in [-0.4, -0.2) is 23.0 Å². The number of hydrogen-bond donors (Lipinski definition) is 0. The van der Waals surface area contributed by atoms with E-state index in [-0.39, 0.29) is 0 Å². The first-order valence-corrected chi connectivity index (χ1v) is 21.2. The van der Waals surface area contributed by atoms with Crippen LogP contribution in [-0.2, 0) is 0 Å². The smallest absolute Gasteiger partial charge is 0.164 e. The van der Waals surface area contributed by atoms with Gasteiger partial charge in [-0.2, -0.15) is 0 Å². The standard InChI is InChI=1S/C49H35N3Si/c1-53(2)44-22-12-21-43(45(44)42-30-29-35-16-8-9-19-40(35)46(42)53)49-51-47(50-48(52-49)41-20-11-10-18-39(41)34-14-4-3-5-15-34)36-26-23-33(24-27-36)38-28-25-32-13-6-7-17-37(32)31-38/h3-31H,1-2H3. The van der Waals surface area contributed by atoms with Gasteiger partial charge in [0.15, 0.2) is 17.5 Å². The van der Waals surface area contributed by atoms with Crippen molar-refractivity contribution in [2.45, 2.75) is 13.1 Å². The molecule has 2 heterocycles. The molecule has 1 aliphatic rings. The summed E-state index contributed by atoms with van der Waals surface area (Å²) < 4.78 is 0. The van der Waals surface area contributed by atoms with Crippen LogP contribution in [0.15, 0.2) is 176 Å². The lowest BCUT2D eigenvalue weighted by molar-refractivity contribution is 1.08. The maximum Gasteiger partial charge on any atom is 0.164 e. The Balaban J connectivity index is 1.17. The molecular weight excluding hydrogens is 659 g/mol. The summed E-state index contributed by atoms with van der Waals surface area (Å²) in [5.41, 5.74) is 10.1. The van der Waals surface area contributed by atoms with Crippen molar-refractivity contribution in [2.75, 3.05) is 0 Å². The zero-order valence-electron chi connectivity index (χ0n) is 29.6. The lowest BCUT2D eigenvalue weighted by Crippen LogP contribution is -2.49. The molecule has 0 radical (unpaired) electrons. The predicted molar refractivity (Wildman–Crippen MR) is 224 cm³/mol. The Morgan fingerprint density at radius 3 is 1.75 bits per heavy atom. The molecule has 4 heteroatoms. The van der Waals surface area contributed by atoms with Crippen molar-refractivity contribution in [2.24, 2.45) is 0 Å². The van der Waals surface area contributed by atoms with Crippen LogP contribution in [0.3, 0.4) is 0 Å². The molecule has 0 N–H and O–H groups in total. The van der Waals surface area contributed by atoms with Crippen LogP contribution in [0.5, 0.6) is 0 Å². The van der Waals surface area contributed by atoms with E-state index in [0.29, 0.717) is 17.5 Å². The molecule has 250 valence electrons. The summed E-state index contributed by atoms with van der Waals surface area (Å²) in [6.07, 6.45) is 0. The van der Waals surface area contributed by atoms with Gasteiger partial charge >= 0.3 is 0 Å². The third-order valence-corrected chi connectivity index (χ3v) is 14.5. The summed E-state index contributed by atoms with van der Waals surface area (Å²) in [5, 5.41) is 8.03. The normalized spacial score (nSPS) is 12.9. The highest BCUT2D eigenvalue weighted by Crippen LogP contribution is 2.39. The third-order valence-electron chi connectivity index (χ3n) is 10.9. The van der Waals surface area contributed by atoms with Crippen molar-refractivity contribution in [1.82, 2.24) is 15.0 Å². The first-order chi connectivity index (χ1) is 26.0. The van der Waals surface area contributed by atoms with Crippen LogP contribution in [0.25, 0.3) is 89.1 Å². The molecule has 53 heavy (non-hydrogen) atoms. The van der Waals surface area contributed by atoms with Gasteiger partial charge in [0.25, 0.3) is 0 Å². The van der Waals surface area contributed by atoms with Crippen molar-refractivity contribution >= 4 is 40.0 Å². The third kappa shape index (κ3) is 5.22. The molecular formula is C49H35N3Si. The molecule has 0 saturated carbocycles. The zero-order valence-corrected chi connectivity index (χ0v) is 30.6. The Hall–Kier alpha value is -6.49. The Morgan fingerprint density at radius 2 is 0.943 bits per heavy atom. The molecule has 0 fully saturated rings. The number of fused-ring (bicyclic) bond motifs is 6. The van der Waals surface area contributed by atoms with Gasteiger partial charge < -0.3 is 0 Å². The zero-order chi connectivity index (χ0) is 35.5. The van der Waals surface area contributed by atoms with Crippen molar-refractivity contribution < 1.29 is 0 Å². The summed E-state index contributed by atoms with van der Waals surface area (Å²) in [7, 11) is -2.05. The SMILES string of the molecule is C[Si]1(C)c2cccc(-c3nc(-c4ccc(-c5ccc6ccccc6c5)cc4)nc(-c4ccccc4-c4ccccc4)n3)c2-c2ccc3ccccc3c21. The first-order valence-electron chi connectivity index (χ1n) is 18.2. The Morgan fingerprint density at radius 1 is 0.358 bits per heavy atom. The van der Waals surface area contributed by atoms with Gasteiger partial charge in [0.05, 0.1) is 0 Å². The molecule has 0 aliphatic carbocycles. The van der Waals surface area contributed by atoms with Crippen molar-refractivity contribution in [3.63, 3.8) is 0 Å². The first kappa shape index (κ1) is 31.3. The fourth-order valence-electron chi connectivity index (χ4n) is 8.31. The van der Waals surface area contributed by atoms with Crippen LogP contribution in [0.2, 0.25) is 13.1 Å². The number of rotatable bonds is 5. The highest BCUT2D eigenvalue weighted by molar-refractivity contribution is 7.05. The predicted octanol–water partition coefficient (Wildman–Crippen LogP) is 11.3. The van der Waals surface area contributed by atoms with Crippen LogP contribution >= 0.6 is 0 Å². The van der Waals surface area contributed by atoms with E-state index in [1.54, 1.807) is 0 Å². The van der Waals surface area contributed by atoms with E-state index in [2.05, 4.69) is 189 Å². The highest BCUT2D eigenvalue weighted by Gasteiger charge is 2.40. The molecule has 0 saturated heterocycles. The van der Waals surface area contributed by atoms with Gasteiger partial charge in [-0.05, 0) is 71.4 Å². The van der Waals surface area contributed by atoms with Crippen LogP contribution in [0.4, 0.5) is 0 Å². The Labute approximate surface area is 310 Å². The lowest BCUT2D eigenvalue weighted by Gasteiger charge is -2.20. The van der Waals surface area contributed by atoms with E-state index in [4.69, 9.17) is 15.0 Å². The molecule has 0 unspecified atom stereocenters. The summed E-state index contributed by atoms with van der Waals surface area (Å²) in [4.78, 5) is 15.9. The average molecular weight is 694 g/mol. The molecule has 0 atom stereocenters. The molecule has 3 nitrogen and oxygen atoms in total. The number of benzene rings is 8. The lowest BCUT2D eigenvalue weighted by atomic mass is 9.96. The number of aromatic nitrogens is 3. The molecule has 8 aromatic carbocycles. The summed E-state index contributed by atoms with van der Waals surface area (Å²) in [6, 6.07) is 62.8. The second-order valence-electron chi connectivity index (χ2n) is 14.4. The van der Waals surface area contributed by atoms with E-state index in [1.807, 2.05) is 0 Å². The topological polar surface area (TPSA) is 38.7 Å². The minimum Gasteiger partial charge on any atom is -0.208 e. The van der Waals surface area contributed by atoms with Crippen molar-refractivity contribution in [3.8, 4) is 67.5 Å². The number of hydrogen-bond acceptors (Lipinski definition) is 3. The minimum absolute atomic E-state index is 0.656. The number of nitrogens with zero attached hydrogens (tertiary/aromatic N) is 3. The fourth-order valence-corrected chi connectivity index (χ4v) is 11.8. The van der Waals surface area contributed by atoms with Crippen molar-refractivity contribution in [3.05, 3.63) is 176 Å². The van der Waals surface area contributed by atoms with Gasteiger partial charge in [0.2, 0.25) is 0 Å². The quantitative estimate of drug-likeness (QED) is 0.168. The maximum absolute atomic E-state index is 5.33. The molecule has 0 amide bonds. The summed E-state index contributed by atoms with van der Waals surface area (Å²) in [6.45, 7) is 4.96. The maximum atomic E-state index is 5.33. The molecule has 0 bridgehead atoms. The summed E-state index contributed by atoms with van der Waals surface area (Å²) >= 11 is 0. The van der Waals surface area contributed by atoms with Crippen LogP contribution in [0.1, 0.15) is 0 Å².